The predicted molar refractivity (Wildman–Crippen MR) is 111 cm³/mol. The fourth-order valence-corrected chi connectivity index (χ4v) is 4.69. The van der Waals surface area contributed by atoms with E-state index in [2.05, 4.69) is 10.3 Å². The maximum Gasteiger partial charge on any atom is 0.225 e. The third kappa shape index (κ3) is 4.35. The van der Waals surface area contributed by atoms with Crippen molar-refractivity contribution in [3.63, 3.8) is 0 Å². The van der Waals surface area contributed by atoms with Crippen molar-refractivity contribution in [2.75, 3.05) is 13.1 Å². The highest BCUT2D eigenvalue weighted by atomic mass is 35.5. The Morgan fingerprint density at radius 2 is 2.00 bits per heavy atom. The van der Waals surface area contributed by atoms with E-state index in [1.54, 1.807) is 0 Å². The van der Waals surface area contributed by atoms with Gasteiger partial charge in [0.25, 0.3) is 0 Å². The highest BCUT2D eigenvalue weighted by Crippen LogP contribution is 2.25. The number of amides is 2. The maximum atomic E-state index is 12.7. The van der Waals surface area contributed by atoms with E-state index in [0.29, 0.717) is 24.5 Å². The summed E-state index contributed by atoms with van der Waals surface area (Å²) in [6, 6.07) is 6.08. The van der Waals surface area contributed by atoms with Crippen molar-refractivity contribution >= 4 is 34.3 Å². The molecule has 2 aliphatic rings. The highest BCUT2D eigenvalue weighted by molar-refractivity contribution is 6.31. The molecule has 1 saturated heterocycles. The number of aromatic amines is 1. The number of hydrogen-bond donors (Lipinski definition) is 2. The van der Waals surface area contributed by atoms with Gasteiger partial charge in [-0.15, -0.1) is 0 Å². The quantitative estimate of drug-likeness (QED) is 0.742. The Balaban J connectivity index is 1.32. The van der Waals surface area contributed by atoms with Crippen LogP contribution in [0.25, 0.3) is 10.9 Å². The molecular weight excluding hydrogens is 374 g/mol. The van der Waals surface area contributed by atoms with Crippen LogP contribution >= 0.6 is 11.6 Å². The summed E-state index contributed by atoms with van der Waals surface area (Å²) < 4.78 is 0. The van der Waals surface area contributed by atoms with Crippen LogP contribution in [-0.2, 0) is 16.0 Å². The summed E-state index contributed by atoms with van der Waals surface area (Å²) in [6.07, 6.45) is 10.1. The van der Waals surface area contributed by atoms with Crippen molar-refractivity contribution < 1.29 is 9.59 Å². The van der Waals surface area contributed by atoms with Crippen LogP contribution in [0.15, 0.2) is 24.4 Å². The number of hydrogen-bond acceptors (Lipinski definition) is 2. The fourth-order valence-electron chi connectivity index (χ4n) is 4.52. The number of aromatic nitrogens is 1. The number of nitrogens with one attached hydrogen (secondary N) is 2. The zero-order valence-corrected chi connectivity index (χ0v) is 16.9. The molecule has 0 radical (unpaired) electrons. The molecule has 2 heterocycles. The van der Waals surface area contributed by atoms with E-state index in [-0.39, 0.29) is 23.8 Å². The molecule has 1 aliphatic heterocycles. The summed E-state index contributed by atoms with van der Waals surface area (Å²) >= 11 is 6.12. The molecule has 0 bridgehead atoms. The Labute approximate surface area is 170 Å². The smallest absolute Gasteiger partial charge is 0.225 e. The molecule has 6 heteroatoms. The van der Waals surface area contributed by atoms with Crippen LogP contribution in [0.2, 0.25) is 5.02 Å². The SMILES string of the molecule is O=C(NC1CCCCCC1)[C@@H]1CC(=O)N(CCc2c[nH]c3ccc(Cl)cc23)C1. The number of H-pyrrole nitrogens is 1. The minimum absolute atomic E-state index is 0.0571. The molecule has 1 atom stereocenters. The van der Waals surface area contributed by atoms with Crippen LogP contribution in [0.1, 0.15) is 50.5 Å². The molecule has 2 aromatic rings. The minimum atomic E-state index is -0.215. The average molecular weight is 402 g/mol. The molecule has 0 spiro atoms. The van der Waals surface area contributed by atoms with Gasteiger partial charge in [-0.05, 0) is 43.0 Å². The summed E-state index contributed by atoms with van der Waals surface area (Å²) in [5.74, 6) is -0.0753. The van der Waals surface area contributed by atoms with Crippen LogP contribution in [0.4, 0.5) is 0 Å². The van der Waals surface area contributed by atoms with Crippen molar-refractivity contribution in [1.82, 2.24) is 15.2 Å². The molecule has 5 nitrogen and oxygen atoms in total. The third-order valence-corrected chi connectivity index (χ3v) is 6.40. The van der Waals surface area contributed by atoms with Crippen LogP contribution in [-0.4, -0.2) is 40.8 Å². The Bertz CT molecular complexity index is 855. The molecule has 1 saturated carbocycles. The van der Waals surface area contributed by atoms with E-state index in [1.165, 1.54) is 25.7 Å². The number of carbonyl (C=O) groups is 2. The van der Waals surface area contributed by atoms with Crippen molar-refractivity contribution in [1.29, 1.82) is 0 Å². The highest BCUT2D eigenvalue weighted by Gasteiger charge is 2.34. The van der Waals surface area contributed by atoms with Gasteiger partial charge in [0.05, 0.1) is 5.92 Å². The normalized spacial score (nSPS) is 21.2. The van der Waals surface area contributed by atoms with Crippen LogP contribution in [0.5, 0.6) is 0 Å². The van der Waals surface area contributed by atoms with E-state index < -0.39 is 0 Å². The van der Waals surface area contributed by atoms with Gasteiger partial charge >= 0.3 is 0 Å². The standard InChI is InChI=1S/C22H28ClN3O2/c23-17-7-8-20-19(12-17)15(13-24-20)9-10-26-14-16(11-21(26)27)22(28)25-18-5-3-1-2-4-6-18/h7-8,12-13,16,18,24H,1-6,9-11,14H2,(H,25,28)/t16-/m1/s1. The van der Waals surface area contributed by atoms with Crippen LogP contribution in [0, 0.1) is 5.92 Å². The average Bonchev–Trinajstić information content (AvgIpc) is 3.14. The van der Waals surface area contributed by atoms with Gasteiger partial charge in [0.2, 0.25) is 11.8 Å². The van der Waals surface area contributed by atoms with E-state index in [0.717, 1.165) is 35.7 Å². The summed E-state index contributed by atoms with van der Waals surface area (Å²) in [5.41, 5.74) is 2.20. The minimum Gasteiger partial charge on any atom is -0.361 e. The largest absolute Gasteiger partial charge is 0.361 e. The maximum absolute atomic E-state index is 12.7. The fraction of sp³-hybridized carbons (Fsp3) is 0.545. The van der Waals surface area contributed by atoms with Crippen molar-refractivity contribution in [3.05, 3.63) is 35.0 Å². The lowest BCUT2D eigenvalue weighted by Crippen LogP contribution is -2.39. The van der Waals surface area contributed by atoms with Gasteiger partial charge < -0.3 is 15.2 Å². The second-order valence-corrected chi connectivity index (χ2v) is 8.63. The number of carbonyl (C=O) groups excluding carboxylic acids is 2. The van der Waals surface area contributed by atoms with Gasteiger partial charge in [0, 0.05) is 47.7 Å². The number of halogens is 1. The van der Waals surface area contributed by atoms with Gasteiger partial charge in [0.15, 0.2) is 0 Å². The van der Waals surface area contributed by atoms with E-state index in [1.807, 2.05) is 29.3 Å². The van der Waals surface area contributed by atoms with E-state index >= 15 is 0 Å². The molecular formula is C22H28ClN3O2. The first-order chi connectivity index (χ1) is 13.6. The lowest BCUT2D eigenvalue weighted by Gasteiger charge is -2.20. The van der Waals surface area contributed by atoms with Crippen molar-refractivity contribution in [3.8, 4) is 0 Å². The Hall–Kier alpha value is -2.01. The third-order valence-electron chi connectivity index (χ3n) is 6.17. The van der Waals surface area contributed by atoms with Gasteiger partial charge in [-0.1, -0.05) is 37.3 Å². The van der Waals surface area contributed by atoms with E-state index in [9.17, 15) is 9.59 Å². The first kappa shape index (κ1) is 19.3. The lowest BCUT2D eigenvalue weighted by atomic mass is 10.0. The molecule has 2 fully saturated rings. The summed E-state index contributed by atoms with van der Waals surface area (Å²) in [6.45, 7) is 1.16. The molecule has 2 amide bonds. The Morgan fingerprint density at radius 3 is 2.79 bits per heavy atom. The van der Waals surface area contributed by atoms with Gasteiger partial charge in [-0.3, -0.25) is 9.59 Å². The monoisotopic (exact) mass is 401 g/mol. The Kier molecular flexibility index (Phi) is 5.90. The van der Waals surface area contributed by atoms with Crippen LogP contribution in [0.3, 0.4) is 0 Å². The number of benzene rings is 1. The second kappa shape index (κ2) is 8.56. The molecule has 4 rings (SSSR count). The first-order valence-electron chi connectivity index (χ1n) is 10.4. The first-order valence-corrected chi connectivity index (χ1v) is 10.8. The molecule has 28 heavy (non-hydrogen) atoms. The number of nitrogens with zero attached hydrogens (tertiary/aromatic N) is 1. The van der Waals surface area contributed by atoms with Gasteiger partial charge in [0.1, 0.15) is 0 Å². The lowest BCUT2D eigenvalue weighted by molar-refractivity contribution is -0.129. The van der Waals surface area contributed by atoms with Crippen molar-refractivity contribution in [2.24, 2.45) is 5.92 Å². The second-order valence-electron chi connectivity index (χ2n) is 8.19. The summed E-state index contributed by atoms with van der Waals surface area (Å²) in [7, 11) is 0. The molecule has 1 aromatic heterocycles. The zero-order chi connectivity index (χ0) is 19.5. The summed E-state index contributed by atoms with van der Waals surface area (Å²) in [5, 5.41) is 5.01. The van der Waals surface area contributed by atoms with Crippen molar-refractivity contribution in [2.45, 2.75) is 57.4 Å². The van der Waals surface area contributed by atoms with Gasteiger partial charge in [-0.2, -0.15) is 0 Å². The predicted octanol–water partition coefficient (Wildman–Crippen LogP) is 4.05. The molecule has 2 N–H and O–H groups in total. The topological polar surface area (TPSA) is 65.2 Å². The summed E-state index contributed by atoms with van der Waals surface area (Å²) in [4.78, 5) is 30.2. The molecule has 1 aromatic carbocycles. The Morgan fingerprint density at radius 1 is 1.21 bits per heavy atom. The molecule has 1 aliphatic carbocycles. The molecule has 150 valence electrons. The van der Waals surface area contributed by atoms with Crippen LogP contribution < -0.4 is 5.32 Å². The number of rotatable bonds is 5. The zero-order valence-electron chi connectivity index (χ0n) is 16.2. The van der Waals surface area contributed by atoms with E-state index in [4.69, 9.17) is 11.6 Å². The number of fused-ring (bicyclic) bond motifs is 1. The molecule has 0 unspecified atom stereocenters. The van der Waals surface area contributed by atoms with Gasteiger partial charge in [-0.25, -0.2) is 0 Å². The number of likely N-dealkylation sites (tertiary alicyclic amines) is 1.